The smallest absolute Gasteiger partial charge is 0.310 e. The Balaban J connectivity index is 2.17. The summed E-state index contributed by atoms with van der Waals surface area (Å²) < 4.78 is 20.2. The maximum Gasteiger partial charge on any atom is 0.310 e. The summed E-state index contributed by atoms with van der Waals surface area (Å²) >= 11 is 5.69. The molecule has 27 heavy (non-hydrogen) atoms. The summed E-state index contributed by atoms with van der Waals surface area (Å²) in [7, 11) is 0. The van der Waals surface area contributed by atoms with E-state index in [-0.39, 0.29) is 29.4 Å². The molecule has 3 aromatic rings. The summed E-state index contributed by atoms with van der Waals surface area (Å²) in [5.74, 6) is -1.59. The van der Waals surface area contributed by atoms with Gasteiger partial charge >= 0.3 is 5.97 Å². The van der Waals surface area contributed by atoms with Gasteiger partial charge in [0.05, 0.1) is 23.6 Å². The number of ether oxygens (including phenoxy) is 1. The number of phenolic OH excluding ortho intramolecular Hbond substituents is 1. The van der Waals surface area contributed by atoms with Gasteiger partial charge in [0.15, 0.2) is 0 Å². The van der Waals surface area contributed by atoms with Crippen LogP contribution in [0.5, 0.6) is 5.75 Å². The van der Waals surface area contributed by atoms with E-state index in [2.05, 4.69) is 0 Å². The minimum Gasteiger partial charge on any atom is -0.508 e. The Bertz CT molecular complexity index is 1060. The number of aromatic hydroxyl groups is 1. The van der Waals surface area contributed by atoms with Gasteiger partial charge in [0, 0.05) is 16.6 Å². The summed E-state index contributed by atoms with van der Waals surface area (Å²) in [4.78, 5) is 25.0. The van der Waals surface area contributed by atoms with Crippen LogP contribution in [0.25, 0.3) is 10.9 Å². The lowest BCUT2D eigenvalue weighted by atomic mass is 10.1. The van der Waals surface area contributed by atoms with Gasteiger partial charge in [-0.15, -0.1) is 0 Å². The average Bonchev–Trinajstić information content (AvgIpc) is 2.88. The molecular weight excluding hydrogens is 373 g/mol. The predicted molar refractivity (Wildman–Crippen MR) is 99.8 cm³/mol. The van der Waals surface area contributed by atoms with Gasteiger partial charge in [-0.2, -0.15) is 0 Å². The molecule has 0 aliphatic heterocycles. The van der Waals surface area contributed by atoms with Crippen molar-refractivity contribution in [1.82, 2.24) is 4.57 Å². The van der Waals surface area contributed by atoms with Crippen LogP contribution >= 0.6 is 11.6 Å². The number of nitrogens with zero attached hydrogens (tertiary/aromatic N) is 1. The fraction of sp³-hybridized carbons (Fsp3) is 0.200. The molecule has 2 aromatic carbocycles. The van der Waals surface area contributed by atoms with Crippen molar-refractivity contribution in [2.45, 2.75) is 20.3 Å². The van der Waals surface area contributed by atoms with Crippen LogP contribution in [0.4, 0.5) is 4.39 Å². The van der Waals surface area contributed by atoms with Gasteiger partial charge in [0.2, 0.25) is 0 Å². The van der Waals surface area contributed by atoms with Crippen LogP contribution in [0.15, 0.2) is 36.4 Å². The van der Waals surface area contributed by atoms with Crippen molar-refractivity contribution in [2.75, 3.05) is 6.61 Å². The Labute approximate surface area is 159 Å². The highest BCUT2D eigenvalue weighted by molar-refractivity contribution is 6.30. The van der Waals surface area contributed by atoms with E-state index < -0.39 is 17.7 Å². The number of hydrogen-bond acceptors (Lipinski definition) is 4. The lowest BCUT2D eigenvalue weighted by Gasteiger charge is -2.08. The van der Waals surface area contributed by atoms with Gasteiger partial charge in [-0.3, -0.25) is 14.2 Å². The zero-order valence-corrected chi connectivity index (χ0v) is 15.5. The standard InChI is InChI=1S/C20H17ClFNO4/c1-3-27-19(25)10-14-11(2)23(18-7-5-13(24)9-15(14)18)20(26)12-4-6-16(21)17(22)8-12/h4-9,24H,3,10H2,1-2H3. The number of rotatable bonds is 4. The molecule has 1 heterocycles. The largest absolute Gasteiger partial charge is 0.508 e. The van der Waals surface area contributed by atoms with Gasteiger partial charge in [-0.25, -0.2) is 4.39 Å². The van der Waals surface area contributed by atoms with E-state index in [1.807, 2.05) is 0 Å². The maximum absolute atomic E-state index is 13.8. The van der Waals surface area contributed by atoms with Crippen LogP contribution in [0.1, 0.15) is 28.5 Å². The number of esters is 1. The normalized spacial score (nSPS) is 11.0. The summed E-state index contributed by atoms with van der Waals surface area (Å²) in [6, 6.07) is 8.34. The molecule has 0 aliphatic rings. The third-order valence-electron chi connectivity index (χ3n) is 4.31. The van der Waals surface area contributed by atoms with E-state index in [0.29, 0.717) is 22.2 Å². The molecule has 1 N–H and O–H groups in total. The molecule has 0 bridgehead atoms. The molecule has 0 fully saturated rings. The highest BCUT2D eigenvalue weighted by Gasteiger charge is 2.22. The number of aromatic nitrogens is 1. The number of carbonyl (C=O) groups excluding carboxylic acids is 2. The highest BCUT2D eigenvalue weighted by Crippen LogP contribution is 2.30. The zero-order valence-electron chi connectivity index (χ0n) is 14.8. The molecule has 1 aromatic heterocycles. The van der Waals surface area contributed by atoms with Crippen molar-refractivity contribution in [3.05, 3.63) is 64.1 Å². The number of halogens is 2. The van der Waals surface area contributed by atoms with Crippen molar-refractivity contribution in [2.24, 2.45) is 0 Å². The van der Waals surface area contributed by atoms with Crippen LogP contribution in [-0.2, 0) is 16.0 Å². The number of hydrogen-bond donors (Lipinski definition) is 1. The van der Waals surface area contributed by atoms with Gasteiger partial charge in [-0.1, -0.05) is 11.6 Å². The van der Waals surface area contributed by atoms with Crippen molar-refractivity contribution in [3.63, 3.8) is 0 Å². The van der Waals surface area contributed by atoms with E-state index in [0.717, 1.165) is 6.07 Å². The van der Waals surface area contributed by atoms with Gasteiger partial charge in [0.25, 0.3) is 5.91 Å². The molecule has 0 aliphatic carbocycles. The minimum atomic E-state index is -0.693. The van der Waals surface area contributed by atoms with Gasteiger partial charge in [-0.05, 0) is 55.8 Å². The molecular formula is C20H17ClFNO4. The molecule has 0 amide bonds. The Kier molecular flexibility index (Phi) is 5.19. The molecule has 0 spiro atoms. The second kappa shape index (κ2) is 7.40. The molecule has 0 saturated heterocycles. The van der Waals surface area contributed by atoms with E-state index in [1.54, 1.807) is 19.9 Å². The SMILES string of the molecule is CCOC(=O)Cc1c(C)n(C(=O)c2ccc(Cl)c(F)c2)c2ccc(O)cc12. The molecule has 3 rings (SSSR count). The molecule has 5 nitrogen and oxygen atoms in total. The summed E-state index contributed by atoms with van der Waals surface area (Å²) in [6.07, 6.45) is -0.0467. The summed E-state index contributed by atoms with van der Waals surface area (Å²) in [5.41, 5.74) is 1.71. The number of carbonyl (C=O) groups is 2. The van der Waals surface area contributed by atoms with Crippen LogP contribution in [-0.4, -0.2) is 28.2 Å². The third kappa shape index (κ3) is 3.53. The number of fused-ring (bicyclic) bond motifs is 1. The Morgan fingerprint density at radius 1 is 1.22 bits per heavy atom. The fourth-order valence-electron chi connectivity index (χ4n) is 3.07. The van der Waals surface area contributed by atoms with Crippen molar-refractivity contribution in [3.8, 4) is 5.75 Å². The first-order valence-corrected chi connectivity index (χ1v) is 8.69. The Morgan fingerprint density at radius 3 is 2.63 bits per heavy atom. The number of phenols is 1. The minimum absolute atomic E-state index is 0.00902. The van der Waals surface area contributed by atoms with Crippen LogP contribution < -0.4 is 0 Å². The van der Waals surface area contributed by atoms with Crippen LogP contribution in [0, 0.1) is 12.7 Å². The van der Waals surface area contributed by atoms with Crippen LogP contribution in [0.2, 0.25) is 5.02 Å². The predicted octanol–water partition coefficient (Wildman–Crippen LogP) is 4.24. The fourth-order valence-corrected chi connectivity index (χ4v) is 3.19. The molecule has 7 heteroatoms. The third-order valence-corrected chi connectivity index (χ3v) is 4.62. The first-order valence-electron chi connectivity index (χ1n) is 8.31. The Hall–Kier alpha value is -2.86. The van der Waals surface area contributed by atoms with Crippen molar-refractivity contribution < 1.29 is 23.8 Å². The second-order valence-electron chi connectivity index (χ2n) is 6.02. The van der Waals surface area contributed by atoms with Crippen molar-refractivity contribution in [1.29, 1.82) is 0 Å². The van der Waals surface area contributed by atoms with Crippen molar-refractivity contribution >= 4 is 34.4 Å². The van der Waals surface area contributed by atoms with E-state index in [9.17, 15) is 19.1 Å². The van der Waals surface area contributed by atoms with E-state index in [1.165, 1.54) is 28.8 Å². The highest BCUT2D eigenvalue weighted by atomic mass is 35.5. The first kappa shape index (κ1) is 18.9. The number of benzene rings is 2. The second-order valence-corrected chi connectivity index (χ2v) is 6.42. The zero-order chi connectivity index (χ0) is 19.7. The lowest BCUT2D eigenvalue weighted by Crippen LogP contribution is -2.15. The average molecular weight is 390 g/mol. The summed E-state index contributed by atoms with van der Waals surface area (Å²) in [6.45, 7) is 3.64. The molecule has 0 atom stereocenters. The van der Waals surface area contributed by atoms with Crippen LogP contribution in [0.3, 0.4) is 0 Å². The Morgan fingerprint density at radius 2 is 1.96 bits per heavy atom. The quantitative estimate of drug-likeness (QED) is 0.677. The maximum atomic E-state index is 13.8. The monoisotopic (exact) mass is 389 g/mol. The molecule has 0 unspecified atom stereocenters. The first-order chi connectivity index (χ1) is 12.8. The lowest BCUT2D eigenvalue weighted by molar-refractivity contribution is -0.142. The topological polar surface area (TPSA) is 68.5 Å². The summed E-state index contributed by atoms with van der Waals surface area (Å²) in [5, 5.41) is 10.3. The van der Waals surface area contributed by atoms with E-state index in [4.69, 9.17) is 16.3 Å². The van der Waals surface area contributed by atoms with Gasteiger partial charge in [0.1, 0.15) is 11.6 Å². The molecule has 0 radical (unpaired) electrons. The molecule has 0 saturated carbocycles. The molecule has 140 valence electrons. The van der Waals surface area contributed by atoms with Gasteiger partial charge < -0.3 is 9.84 Å². The van der Waals surface area contributed by atoms with E-state index >= 15 is 0 Å².